The highest BCUT2D eigenvalue weighted by Gasteiger charge is 2.58. The molecule has 40 heavy (non-hydrogen) atoms. The maximum absolute atomic E-state index is 6.52. The third kappa shape index (κ3) is 12.4. The third-order valence-corrected chi connectivity index (χ3v) is 12.4. The average molecular weight is 583 g/mol. The Bertz CT molecular complexity index is 920. The van der Waals surface area contributed by atoms with Crippen LogP contribution in [0.5, 0.6) is 0 Å². The predicted octanol–water partition coefficient (Wildman–Crippen LogP) is 5.43. The molecular formula is C32H46O6Si2. The van der Waals surface area contributed by atoms with Crippen LogP contribution in [0.2, 0.25) is 12.1 Å². The van der Waals surface area contributed by atoms with Gasteiger partial charge in [0.1, 0.15) is 33.6 Å². The molecule has 0 aliphatic heterocycles. The molecule has 0 radical (unpaired) electrons. The van der Waals surface area contributed by atoms with E-state index in [0.717, 1.165) is 0 Å². The number of hydrogen-bond donors (Lipinski definition) is 0. The van der Waals surface area contributed by atoms with Gasteiger partial charge in [-0.2, -0.15) is 0 Å². The van der Waals surface area contributed by atoms with Gasteiger partial charge in [-0.25, -0.2) is 0 Å². The zero-order valence-electron chi connectivity index (χ0n) is 26.3. The van der Waals surface area contributed by atoms with Gasteiger partial charge in [-0.3, -0.25) is 0 Å². The van der Waals surface area contributed by atoms with E-state index in [1.165, 1.54) is 0 Å². The Hall–Kier alpha value is -2.45. The molecule has 0 aromatic heterocycles. The van der Waals surface area contributed by atoms with Crippen LogP contribution in [0, 0.1) is 74.1 Å². The Labute approximate surface area is 246 Å². The zero-order valence-corrected chi connectivity index (χ0v) is 28.3. The molecular weight excluding hydrogens is 537 g/mol. The summed E-state index contributed by atoms with van der Waals surface area (Å²) in [6.07, 6.45) is 34.9. The molecule has 0 spiro atoms. The lowest BCUT2D eigenvalue weighted by molar-refractivity contribution is -0.0578. The number of terminal acetylenes is 6. The molecule has 0 amide bonds. The Morgan fingerprint density at radius 2 is 0.475 bits per heavy atom. The third-order valence-electron chi connectivity index (χ3n) is 5.29. The molecule has 0 saturated carbocycles. The lowest BCUT2D eigenvalue weighted by Crippen LogP contribution is -2.62. The first-order valence-corrected chi connectivity index (χ1v) is 16.8. The molecule has 0 N–H and O–H groups in total. The van der Waals surface area contributed by atoms with Crippen LogP contribution in [0.25, 0.3) is 0 Å². The van der Waals surface area contributed by atoms with Crippen molar-refractivity contribution in [2.45, 2.75) is 129 Å². The maximum atomic E-state index is 6.52. The summed E-state index contributed by atoms with van der Waals surface area (Å²) in [5, 5.41) is 0. The predicted molar refractivity (Wildman–Crippen MR) is 165 cm³/mol. The standard InChI is InChI=1S/C32H46O6Si2/c1-19-27(7,8)33-39(34-28(9,10)20-2,35-29(11,12)21-3)25-26-40(36-30(13,14)22-4,37-31(15,16)23-5)38-32(17,18)24-6/h1-6H,25-26H2,7-18H3. The average Bonchev–Trinajstić information content (AvgIpc) is 2.81. The van der Waals surface area contributed by atoms with Crippen LogP contribution in [0.4, 0.5) is 0 Å². The van der Waals surface area contributed by atoms with Gasteiger partial charge < -0.3 is 26.6 Å². The van der Waals surface area contributed by atoms with E-state index in [1.54, 1.807) is 83.1 Å². The molecule has 6 nitrogen and oxygen atoms in total. The van der Waals surface area contributed by atoms with Crippen LogP contribution in [-0.2, 0) is 26.6 Å². The summed E-state index contributed by atoms with van der Waals surface area (Å²) in [6, 6.07) is 0.116. The lowest BCUT2D eigenvalue weighted by Gasteiger charge is -2.45. The van der Waals surface area contributed by atoms with Crippen molar-refractivity contribution >= 4 is 17.6 Å². The van der Waals surface area contributed by atoms with Crippen molar-refractivity contribution in [3.8, 4) is 74.1 Å². The second-order valence-electron chi connectivity index (χ2n) is 12.4. The van der Waals surface area contributed by atoms with E-state index in [2.05, 4.69) is 35.5 Å². The molecule has 8 heteroatoms. The van der Waals surface area contributed by atoms with E-state index < -0.39 is 51.2 Å². The van der Waals surface area contributed by atoms with Crippen LogP contribution in [0.3, 0.4) is 0 Å². The molecule has 0 rings (SSSR count). The van der Waals surface area contributed by atoms with Gasteiger partial charge in [-0.05, 0) is 83.1 Å². The fourth-order valence-corrected chi connectivity index (χ4v) is 11.6. The highest BCUT2D eigenvalue weighted by molar-refractivity contribution is 6.67. The first-order chi connectivity index (χ1) is 17.8. The van der Waals surface area contributed by atoms with Gasteiger partial charge in [0.25, 0.3) is 0 Å². The molecule has 0 aromatic carbocycles. The molecule has 0 saturated heterocycles. The van der Waals surface area contributed by atoms with E-state index in [-0.39, 0.29) is 12.1 Å². The van der Waals surface area contributed by atoms with Crippen molar-refractivity contribution in [3.05, 3.63) is 0 Å². The van der Waals surface area contributed by atoms with E-state index in [0.29, 0.717) is 0 Å². The molecule has 0 aliphatic carbocycles. The Morgan fingerprint density at radius 3 is 0.575 bits per heavy atom. The molecule has 0 aliphatic rings. The van der Waals surface area contributed by atoms with Crippen molar-refractivity contribution in [2.75, 3.05) is 0 Å². The fourth-order valence-electron chi connectivity index (χ4n) is 3.25. The lowest BCUT2D eigenvalue weighted by atomic mass is 10.2. The van der Waals surface area contributed by atoms with Gasteiger partial charge in [0.2, 0.25) is 0 Å². The van der Waals surface area contributed by atoms with Crippen LogP contribution in [-0.4, -0.2) is 51.2 Å². The fraction of sp³-hybridized carbons (Fsp3) is 0.625. The largest absolute Gasteiger partial charge is 0.504 e. The minimum atomic E-state index is -3.92. The topological polar surface area (TPSA) is 55.4 Å². The molecule has 0 bridgehead atoms. The van der Waals surface area contributed by atoms with E-state index >= 15 is 0 Å². The normalized spacial score (nSPS) is 13.7. The summed E-state index contributed by atoms with van der Waals surface area (Å²) in [5.41, 5.74) is -6.73. The van der Waals surface area contributed by atoms with Crippen LogP contribution in [0.15, 0.2) is 0 Å². The number of rotatable bonds is 15. The van der Waals surface area contributed by atoms with Crippen molar-refractivity contribution < 1.29 is 26.6 Å². The summed E-state index contributed by atoms with van der Waals surface area (Å²) in [5.74, 6) is 15.8. The smallest absolute Gasteiger partial charge is 0.357 e. The first kappa shape index (κ1) is 37.6. The van der Waals surface area contributed by atoms with Crippen molar-refractivity contribution in [3.63, 3.8) is 0 Å². The highest BCUT2D eigenvalue weighted by Crippen LogP contribution is 2.38. The van der Waals surface area contributed by atoms with Gasteiger partial charge in [-0.15, -0.1) is 38.5 Å². The van der Waals surface area contributed by atoms with E-state index in [1.807, 2.05) is 0 Å². The second-order valence-corrected chi connectivity index (χ2v) is 17.4. The summed E-state index contributed by atoms with van der Waals surface area (Å²) >= 11 is 0. The second kappa shape index (κ2) is 13.0. The zero-order chi connectivity index (χ0) is 31.9. The molecule has 0 unspecified atom stereocenters. The van der Waals surface area contributed by atoms with Crippen LogP contribution < -0.4 is 0 Å². The van der Waals surface area contributed by atoms with Crippen LogP contribution >= 0.6 is 0 Å². The number of hydrogen-bond acceptors (Lipinski definition) is 6. The molecule has 0 atom stereocenters. The minimum Gasteiger partial charge on any atom is -0.357 e. The van der Waals surface area contributed by atoms with E-state index in [4.69, 9.17) is 65.1 Å². The van der Waals surface area contributed by atoms with Crippen LogP contribution in [0.1, 0.15) is 83.1 Å². The molecule has 0 aromatic rings. The maximum Gasteiger partial charge on any atom is 0.504 e. The summed E-state index contributed by atoms with van der Waals surface area (Å²) in [7, 11) is -7.84. The Kier molecular flexibility index (Phi) is 12.2. The monoisotopic (exact) mass is 582 g/mol. The summed E-state index contributed by atoms with van der Waals surface area (Å²) < 4.78 is 39.1. The first-order valence-electron chi connectivity index (χ1n) is 12.9. The quantitative estimate of drug-likeness (QED) is 0.190. The van der Waals surface area contributed by atoms with Crippen molar-refractivity contribution in [1.29, 1.82) is 0 Å². The van der Waals surface area contributed by atoms with Gasteiger partial charge in [-0.1, -0.05) is 35.5 Å². The highest BCUT2D eigenvalue weighted by atomic mass is 28.4. The van der Waals surface area contributed by atoms with E-state index in [9.17, 15) is 0 Å². The van der Waals surface area contributed by atoms with Crippen molar-refractivity contribution in [2.24, 2.45) is 0 Å². The van der Waals surface area contributed by atoms with Crippen molar-refractivity contribution in [1.82, 2.24) is 0 Å². The molecule has 0 fully saturated rings. The Balaban J connectivity index is 7.40. The molecule has 0 heterocycles. The molecule has 218 valence electrons. The summed E-state index contributed by atoms with van der Waals surface area (Å²) in [6.45, 7) is 20.6. The SMILES string of the molecule is C#CC(C)(C)O[Si](CC[Si](OC(C)(C)C#C)(OC(C)(C)C#C)OC(C)(C)C#C)(OC(C)(C)C#C)OC(C)(C)C#C. The van der Waals surface area contributed by atoms with Gasteiger partial charge in [0.15, 0.2) is 0 Å². The summed E-state index contributed by atoms with van der Waals surface area (Å²) in [4.78, 5) is 0. The van der Waals surface area contributed by atoms with Gasteiger partial charge in [0, 0.05) is 12.1 Å². The van der Waals surface area contributed by atoms with Gasteiger partial charge >= 0.3 is 17.6 Å². The minimum absolute atomic E-state index is 0.0580. The van der Waals surface area contributed by atoms with Gasteiger partial charge in [0.05, 0.1) is 0 Å². The Morgan fingerprint density at radius 1 is 0.350 bits per heavy atom.